The van der Waals surface area contributed by atoms with Crippen LogP contribution in [0.25, 0.3) is 0 Å². The summed E-state index contributed by atoms with van der Waals surface area (Å²) in [5, 5.41) is 9.75. The van der Waals surface area contributed by atoms with E-state index < -0.39 is 12.1 Å². The fraction of sp³-hybridized carbons (Fsp3) is 0.429. The van der Waals surface area contributed by atoms with Gasteiger partial charge in [0.2, 0.25) is 0 Å². The number of Topliss-reactive ketones (excluding diaryl/α,β-unsaturated/α-hetero) is 1. The highest BCUT2D eigenvalue weighted by molar-refractivity contribution is 5.97. The van der Waals surface area contributed by atoms with Gasteiger partial charge in [0, 0.05) is 6.07 Å². The number of phenols is 1. The third-order valence-electron chi connectivity index (χ3n) is 3.05. The Hall–Kier alpha value is -2.04. The molecule has 0 aromatic heterocycles. The summed E-state index contributed by atoms with van der Waals surface area (Å²) in [6, 6.07) is 3.01. The van der Waals surface area contributed by atoms with Crippen LogP contribution in [0.15, 0.2) is 12.1 Å². The van der Waals surface area contributed by atoms with Crippen LogP contribution in [0.4, 0.5) is 0 Å². The first-order valence-electron chi connectivity index (χ1n) is 6.23. The zero-order valence-corrected chi connectivity index (χ0v) is 10.9. The third-order valence-corrected chi connectivity index (χ3v) is 3.05. The normalized spacial score (nSPS) is 17.3. The fourth-order valence-corrected chi connectivity index (χ4v) is 2.10. The molecular weight excluding hydrogens is 248 g/mol. The molecule has 0 bridgehead atoms. The molecule has 0 amide bonds. The topological polar surface area (TPSA) is 72.8 Å². The van der Waals surface area contributed by atoms with Crippen LogP contribution in [0.3, 0.4) is 0 Å². The first kappa shape index (κ1) is 13.4. The number of esters is 1. The molecule has 0 saturated carbocycles. The lowest BCUT2D eigenvalue weighted by Crippen LogP contribution is -2.32. The van der Waals surface area contributed by atoms with Crippen LogP contribution in [0, 0.1) is 0 Å². The van der Waals surface area contributed by atoms with Crippen LogP contribution < -0.4 is 4.74 Å². The van der Waals surface area contributed by atoms with Crippen LogP contribution in [-0.4, -0.2) is 29.6 Å². The number of hydrogen-bond donors (Lipinski definition) is 1. The summed E-state index contributed by atoms with van der Waals surface area (Å²) < 4.78 is 10.4. The highest BCUT2D eigenvalue weighted by Gasteiger charge is 2.28. The minimum absolute atomic E-state index is 0.129. The molecule has 1 aromatic carbocycles. The van der Waals surface area contributed by atoms with Gasteiger partial charge >= 0.3 is 5.97 Å². The summed E-state index contributed by atoms with van der Waals surface area (Å²) >= 11 is 0. The molecule has 0 spiro atoms. The van der Waals surface area contributed by atoms with E-state index in [1.807, 2.05) is 0 Å². The molecule has 1 aromatic rings. The Kier molecular flexibility index (Phi) is 3.74. The number of ether oxygens (including phenoxy) is 2. The third kappa shape index (κ3) is 2.70. The van der Waals surface area contributed by atoms with E-state index in [0.29, 0.717) is 25.2 Å². The van der Waals surface area contributed by atoms with Crippen LogP contribution in [0.5, 0.6) is 11.5 Å². The number of aryl methyl sites for hydroxylation is 1. The quantitative estimate of drug-likeness (QED) is 0.666. The van der Waals surface area contributed by atoms with E-state index in [-0.39, 0.29) is 17.1 Å². The van der Waals surface area contributed by atoms with E-state index in [1.54, 1.807) is 13.0 Å². The smallest absolute Gasteiger partial charge is 0.347 e. The molecular formula is C14H16O5. The van der Waals surface area contributed by atoms with Crippen molar-refractivity contribution in [1.82, 2.24) is 0 Å². The molecule has 1 unspecified atom stereocenters. The van der Waals surface area contributed by atoms with Gasteiger partial charge in [-0.25, -0.2) is 4.79 Å². The van der Waals surface area contributed by atoms with Gasteiger partial charge in [0.15, 0.2) is 11.9 Å². The fourth-order valence-electron chi connectivity index (χ4n) is 2.10. The highest BCUT2D eigenvalue weighted by Crippen LogP contribution is 2.34. The van der Waals surface area contributed by atoms with Crippen molar-refractivity contribution in [3.63, 3.8) is 0 Å². The van der Waals surface area contributed by atoms with Crippen molar-refractivity contribution < 1.29 is 24.2 Å². The molecule has 0 saturated heterocycles. The number of fused-ring (bicyclic) bond motifs is 1. The summed E-state index contributed by atoms with van der Waals surface area (Å²) in [6.45, 7) is 3.44. The number of carbonyl (C=O) groups is 2. The molecule has 0 fully saturated rings. The van der Waals surface area contributed by atoms with Gasteiger partial charge in [-0.3, -0.25) is 4.79 Å². The van der Waals surface area contributed by atoms with E-state index in [9.17, 15) is 14.7 Å². The van der Waals surface area contributed by atoms with Gasteiger partial charge in [-0.05, 0) is 38.3 Å². The maximum Gasteiger partial charge on any atom is 0.347 e. The van der Waals surface area contributed by atoms with E-state index in [4.69, 9.17) is 9.47 Å². The van der Waals surface area contributed by atoms with Crippen LogP contribution >= 0.6 is 0 Å². The van der Waals surface area contributed by atoms with Gasteiger partial charge in [0.05, 0.1) is 12.2 Å². The van der Waals surface area contributed by atoms with Crippen molar-refractivity contribution >= 4 is 11.8 Å². The van der Waals surface area contributed by atoms with Crippen molar-refractivity contribution in [2.75, 3.05) is 6.61 Å². The zero-order valence-electron chi connectivity index (χ0n) is 10.9. The SMILES string of the molecule is CCOC(=O)C1CCc2cc(C(C)=O)c(O)cc2O1. The summed E-state index contributed by atoms with van der Waals surface area (Å²) in [7, 11) is 0. The lowest BCUT2D eigenvalue weighted by Gasteiger charge is -2.25. The van der Waals surface area contributed by atoms with E-state index in [0.717, 1.165) is 5.56 Å². The predicted molar refractivity (Wildman–Crippen MR) is 67.5 cm³/mol. The molecule has 0 aliphatic carbocycles. The Morgan fingerprint density at radius 1 is 1.47 bits per heavy atom. The average Bonchev–Trinajstić information content (AvgIpc) is 2.37. The van der Waals surface area contributed by atoms with Crippen LogP contribution in [-0.2, 0) is 16.0 Å². The van der Waals surface area contributed by atoms with Crippen molar-refractivity contribution in [3.05, 3.63) is 23.3 Å². The van der Waals surface area contributed by atoms with Gasteiger partial charge in [-0.2, -0.15) is 0 Å². The number of aromatic hydroxyl groups is 1. The summed E-state index contributed by atoms with van der Waals surface area (Å²) in [6.07, 6.45) is 0.475. The van der Waals surface area contributed by atoms with E-state index >= 15 is 0 Å². The number of rotatable bonds is 3. The zero-order chi connectivity index (χ0) is 14.0. The number of carbonyl (C=O) groups excluding carboxylic acids is 2. The Labute approximate surface area is 111 Å². The lowest BCUT2D eigenvalue weighted by molar-refractivity contribution is -0.152. The Morgan fingerprint density at radius 3 is 2.84 bits per heavy atom. The first-order valence-corrected chi connectivity index (χ1v) is 6.23. The Balaban J connectivity index is 2.24. The van der Waals surface area contributed by atoms with Gasteiger partial charge in [-0.15, -0.1) is 0 Å². The Morgan fingerprint density at radius 2 is 2.21 bits per heavy atom. The maximum atomic E-state index is 11.6. The highest BCUT2D eigenvalue weighted by atomic mass is 16.6. The monoisotopic (exact) mass is 264 g/mol. The Bertz CT molecular complexity index is 521. The number of ketones is 1. The molecule has 0 radical (unpaired) electrons. The number of phenolic OH excluding ortho intramolecular Hbond substituents is 1. The van der Waals surface area contributed by atoms with Gasteiger partial charge < -0.3 is 14.6 Å². The van der Waals surface area contributed by atoms with Gasteiger partial charge in [0.1, 0.15) is 11.5 Å². The van der Waals surface area contributed by atoms with Crippen molar-refractivity contribution in [2.24, 2.45) is 0 Å². The second-order valence-electron chi connectivity index (χ2n) is 4.43. The van der Waals surface area contributed by atoms with Gasteiger partial charge in [0.25, 0.3) is 0 Å². The molecule has 1 aliphatic heterocycles. The van der Waals surface area contributed by atoms with Gasteiger partial charge in [-0.1, -0.05) is 0 Å². The molecule has 19 heavy (non-hydrogen) atoms. The second kappa shape index (κ2) is 5.30. The maximum absolute atomic E-state index is 11.6. The molecule has 1 atom stereocenters. The lowest BCUT2D eigenvalue weighted by atomic mass is 9.98. The molecule has 2 rings (SSSR count). The van der Waals surface area contributed by atoms with E-state index in [1.165, 1.54) is 13.0 Å². The summed E-state index contributed by atoms with van der Waals surface area (Å²) in [5.74, 6) is -0.293. The largest absolute Gasteiger partial charge is 0.507 e. The van der Waals surface area contributed by atoms with Crippen molar-refractivity contribution in [3.8, 4) is 11.5 Å². The minimum Gasteiger partial charge on any atom is -0.507 e. The predicted octanol–water partition coefficient (Wildman–Crippen LogP) is 1.85. The molecule has 5 heteroatoms. The molecule has 102 valence electrons. The first-order chi connectivity index (χ1) is 9.02. The van der Waals surface area contributed by atoms with Crippen molar-refractivity contribution in [1.29, 1.82) is 0 Å². The average molecular weight is 264 g/mol. The molecule has 1 N–H and O–H groups in total. The number of benzene rings is 1. The molecule has 5 nitrogen and oxygen atoms in total. The molecule has 1 aliphatic rings. The number of hydrogen-bond acceptors (Lipinski definition) is 5. The van der Waals surface area contributed by atoms with Crippen molar-refractivity contribution in [2.45, 2.75) is 32.8 Å². The van der Waals surface area contributed by atoms with Crippen LogP contribution in [0.2, 0.25) is 0 Å². The van der Waals surface area contributed by atoms with Crippen LogP contribution in [0.1, 0.15) is 36.2 Å². The second-order valence-corrected chi connectivity index (χ2v) is 4.43. The minimum atomic E-state index is -0.643. The summed E-state index contributed by atoms with van der Waals surface area (Å²) in [5.41, 5.74) is 1.10. The summed E-state index contributed by atoms with van der Waals surface area (Å²) in [4.78, 5) is 22.9. The molecule has 1 heterocycles. The van der Waals surface area contributed by atoms with E-state index in [2.05, 4.69) is 0 Å². The standard InChI is InChI=1S/C14H16O5/c1-3-18-14(17)12-5-4-9-6-10(8(2)15)11(16)7-13(9)19-12/h6-7,12,16H,3-5H2,1-2H3.